The maximum atomic E-state index is 12.5. The number of nitrogens with zero attached hydrogens (tertiary/aromatic N) is 1. The van der Waals surface area contributed by atoms with Gasteiger partial charge in [-0.15, -0.1) is 0 Å². The number of anilines is 2. The summed E-state index contributed by atoms with van der Waals surface area (Å²) in [6, 6.07) is 13.5. The molecule has 0 aromatic heterocycles. The van der Waals surface area contributed by atoms with Gasteiger partial charge < -0.3 is 25.4 Å². The molecule has 1 aliphatic heterocycles. The van der Waals surface area contributed by atoms with Crippen LogP contribution in [0, 0.1) is 0 Å². The van der Waals surface area contributed by atoms with Crippen LogP contribution in [0.2, 0.25) is 5.02 Å². The number of nitrogens with two attached hydrogens (primary N) is 1. The molecule has 0 spiro atoms. The second-order valence-electron chi connectivity index (χ2n) is 8.91. The van der Waals surface area contributed by atoms with Gasteiger partial charge in [0.25, 0.3) is 0 Å². The number of halogens is 1. The number of carbonyl (C=O) groups excluding carboxylic acids is 1. The Bertz CT molecular complexity index is 860. The molecule has 2 aromatic carbocycles. The lowest BCUT2D eigenvalue weighted by Gasteiger charge is -2.29. The Kier molecular flexibility index (Phi) is 7.55. The minimum Gasteiger partial charge on any atom is -0.489 e. The molecule has 0 radical (unpaired) electrons. The van der Waals surface area contributed by atoms with Crippen molar-refractivity contribution in [3.05, 3.63) is 53.1 Å². The van der Waals surface area contributed by atoms with E-state index in [1.807, 2.05) is 51.1 Å². The maximum absolute atomic E-state index is 12.5. The van der Waals surface area contributed by atoms with Crippen LogP contribution in [0.5, 0.6) is 5.75 Å². The third kappa shape index (κ3) is 6.96. The smallest absolute Gasteiger partial charge is 0.410 e. The molecule has 7 heteroatoms. The highest BCUT2D eigenvalue weighted by Gasteiger charge is 2.27. The summed E-state index contributed by atoms with van der Waals surface area (Å²) >= 11 is 6.53. The second-order valence-corrected chi connectivity index (χ2v) is 9.31. The van der Waals surface area contributed by atoms with Crippen molar-refractivity contribution in [2.24, 2.45) is 0 Å². The first-order valence-electron chi connectivity index (χ1n) is 10.7. The van der Waals surface area contributed by atoms with E-state index >= 15 is 0 Å². The van der Waals surface area contributed by atoms with Gasteiger partial charge in [0, 0.05) is 31.3 Å². The van der Waals surface area contributed by atoms with Crippen LogP contribution < -0.4 is 15.8 Å². The minimum atomic E-state index is -0.518. The molecule has 31 heavy (non-hydrogen) atoms. The molecule has 6 nitrogen and oxygen atoms in total. The molecule has 3 rings (SSSR count). The number of nitrogen functional groups attached to an aromatic ring is 1. The summed E-state index contributed by atoms with van der Waals surface area (Å²) in [5.74, 6) is 0.619. The van der Waals surface area contributed by atoms with Gasteiger partial charge in [0.15, 0.2) is 0 Å². The predicted molar refractivity (Wildman–Crippen MR) is 126 cm³/mol. The Morgan fingerprint density at radius 3 is 2.65 bits per heavy atom. The van der Waals surface area contributed by atoms with Gasteiger partial charge in [-0.3, -0.25) is 0 Å². The fourth-order valence-corrected chi connectivity index (χ4v) is 3.81. The lowest BCUT2D eigenvalue weighted by atomic mass is 10.1. The molecule has 1 heterocycles. The van der Waals surface area contributed by atoms with E-state index in [1.165, 1.54) is 0 Å². The molecule has 1 atom stereocenters. The molecule has 1 amide bonds. The number of benzene rings is 2. The van der Waals surface area contributed by atoms with E-state index in [1.54, 1.807) is 17.0 Å². The van der Waals surface area contributed by atoms with E-state index in [2.05, 4.69) is 5.32 Å². The van der Waals surface area contributed by atoms with Crippen LogP contribution in [0.1, 0.15) is 45.6 Å². The Labute approximate surface area is 189 Å². The average Bonchev–Trinajstić information content (AvgIpc) is 2.94. The van der Waals surface area contributed by atoms with Crippen molar-refractivity contribution < 1.29 is 14.3 Å². The van der Waals surface area contributed by atoms with Crippen molar-refractivity contribution in [3.63, 3.8) is 0 Å². The number of nitrogens with one attached hydrogen (secondary N) is 1. The van der Waals surface area contributed by atoms with Gasteiger partial charge in [-0.25, -0.2) is 4.79 Å². The van der Waals surface area contributed by atoms with E-state index in [9.17, 15) is 4.79 Å². The second kappa shape index (κ2) is 10.1. The Morgan fingerprint density at radius 2 is 1.97 bits per heavy atom. The van der Waals surface area contributed by atoms with Crippen molar-refractivity contribution in [3.8, 4) is 5.75 Å². The van der Waals surface area contributed by atoms with E-state index in [-0.39, 0.29) is 12.1 Å². The fraction of sp³-hybridized carbons (Fsp3) is 0.458. The van der Waals surface area contributed by atoms with Crippen LogP contribution in [0.4, 0.5) is 16.2 Å². The van der Waals surface area contributed by atoms with Crippen LogP contribution >= 0.6 is 11.6 Å². The van der Waals surface area contributed by atoms with E-state index in [4.69, 9.17) is 26.8 Å². The largest absolute Gasteiger partial charge is 0.489 e. The SMILES string of the molecule is CC(C)(C)OC(=O)N1CCCC[C@@H](Nc2c(N)cc(OCc3ccccc3)cc2Cl)C1. The third-order valence-corrected chi connectivity index (χ3v) is 5.31. The summed E-state index contributed by atoms with van der Waals surface area (Å²) in [5, 5.41) is 3.94. The van der Waals surface area contributed by atoms with Crippen LogP contribution in [-0.4, -0.2) is 35.7 Å². The first kappa shape index (κ1) is 23.1. The van der Waals surface area contributed by atoms with Crippen molar-refractivity contribution in [1.29, 1.82) is 0 Å². The van der Waals surface area contributed by atoms with Gasteiger partial charge in [-0.05, 0) is 45.6 Å². The number of hydrogen-bond donors (Lipinski definition) is 2. The van der Waals surface area contributed by atoms with Crippen LogP contribution in [0.15, 0.2) is 42.5 Å². The molecule has 0 bridgehead atoms. The Morgan fingerprint density at radius 1 is 1.23 bits per heavy atom. The lowest BCUT2D eigenvalue weighted by Crippen LogP contribution is -2.42. The van der Waals surface area contributed by atoms with Gasteiger partial charge in [0.05, 0.1) is 16.4 Å². The summed E-state index contributed by atoms with van der Waals surface area (Å²) in [7, 11) is 0. The number of rotatable bonds is 5. The van der Waals surface area contributed by atoms with Gasteiger partial charge in [-0.1, -0.05) is 41.9 Å². The summed E-state index contributed by atoms with van der Waals surface area (Å²) in [6.45, 7) is 7.29. The Balaban J connectivity index is 1.65. The zero-order chi connectivity index (χ0) is 22.4. The monoisotopic (exact) mass is 445 g/mol. The summed E-state index contributed by atoms with van der Waals surface area (Å²) < 4.78 is 11.4. The van der Waals surface area contributed by atoms with Gasteiger partial charge in [-0.2, -0.15) is 0 Å². The number of ether oxygens (including phenoxy) is 2. The average molecular weight is 446 g/mol. The number of likely N-dealkylation sites (tertiary alicyclic amines) is 1. The van der Waals surface area contributed by atoms with Crippen LogP contribution in [-0.2, 0) is 11.3 Å². The quantitative estimate of drug-likeness (QED) is 0.577. The van der Waals surface area contributed by atoms with E-state index < -0.39 is 5.60 Å². The highest BCUT2D eigenvalue weighted by atomic mass is 35.5. The van der Waals surface area contributed by atoms with Crippen molar-refractivity contribution in [2.45, 2.75) is 58.3 Å². The number of hydrogen-bond acceptors (Lipinski definition) is 5. The molecule has 168 valence electrons. The molecule has 1 saturated heterocycles. The number of amides is 1. The summed E-state index contributed by atoms with van der Waals surface area (Å²) in [5.41, 5.74) is 8.03. The Hall–Kier alpha value is -2.60. The predicted octanol–water partition coefficient (Wildman–Crippen LogP) is 5.70. The molecular weight excluding hydrogens is 414 g/mol. The minimum absolute atomic E-state index is 0.0332. The fourth-order valence-electron chi connectivity index (χ4n) is 3.53. The topological polar surface area (TPSA) is 76.8 Å². The third-order valence-electron chi connectivity index (χ3n) is 5.01. The zero-order valence-corrected chi connectivity index (χ0v) is 19.2. The standard InChI is InChI=1S/C24H32ClN3O3/c1-24(2,3)31-23(29)28-12-8-7-11-18(15-28)27-22-20(25)13-19(14-21(22)26)30-16-17-9-5-4-6-10-17/h4-6,9-10,13-14,18,27H,7-8,11-12,15-16,26H2,1-3H3/t18-/m1/s1. The first-order chi connectivity index (χ1) is 14.7. The van der Waals surface area contributed by atoms with Gasteiger partial charge in [0.2, 0.25) is 0 Å². The molecule has 0 unspecified atom stereocenters. The normalized spacial score (nSPS) is 17.0. The summed E-state index contributed by atoms with van der Waals surface area (Å²) in [6.07, 6.45) is 2.57. The van der Waals surface area contributed by atoms with Crippen LogP contribution in [0.25, 0.3) is 0 Å². The van der Waals surface area contributed by atoms with E-state index in [0.29, 0.717) is 41.8 Å². The van der Waals surface area contributed by atoms with Gasteiger partial charge in [0.1, 0.15) is 18.0 Å². The zero-order valence-electron chi connectivity index (χ0n) is 18.5. The van der Waals surface area contributed by atoms with E-state index in [0.717, 1.165) is 24.8 Å². The summed E-state index contributed by atoms with van der Waals surface area (Å²) in [4.78, 5) is 14.3. The molecule has 0 aliphatic carbocycles. The molecule has 3 N–H and O–H groups in total. The lowest BCUT2D eigenvalue weighted by molar-refractivity contribution is 0.0252. The highest BCUT2D eigenvalue weighted by molar-refractivity contribution is 6.34. The molecule has 2 aromatic rings. The molecule has 1 fully saturated rings. The molecule has 0 saturated carbocycles. The van der Waals surface area contributed by atoms with Crippen molar-refractivity contribution >= 4 is 29.1 Å². The van der Waals surface area contributed by atoms with Gasteiger partial charge >= 0.3 is 6.09 Å². The van der Waals surface area contributed by atoms with Crippen LogP contribution in [0.3, 0.4) is 0 Å². The highest BCUT2D eigenvalue weighted by Crippen LogP contribution is 2.35. The molecule has 1 aliphatic rings. The first-order valence-corrected chi connectivity index (χ1v) is 11.1. The number of carbonyl (C=O) groups is 1. The van der Waals surface area contributed by atoms with Crippen molar-refractivity contribution in [1.82, 2.24) is 4.90 Å². The maximum Gasteiger partial charge on any atom is 0.410 e. The molecular formula is C24H32ClN3O3. The van der Waals surface area contributed by atoms with Crippen molar-refractivity contribution in [2.75, 3.05) is 24.1 Å².